The van der Waals surface area contributed by atoms with E-state index in [2.05, 4.69) is 25.2 Å². The molecular weight excluding hydrogens is 448 g/mol. The average Bonchev–Trinajstić information content (AvgIpc) is 3.47. The highest BCUT2D eigenvalue weighted by Gasteiger charge is 2.13. The maximum Gasteiger partial charge on any atom is 0.331 e. The topological polar surface area (TPSA) is 110 Å². The van der Waals surface area contributed by atoms with Crippen LogP contribution < -0.4 is 15.7 Å². The molecule has 3 aromatic heterocycles. The van der Waals surface area contributed by atoms with Crippen molar-refractivity contribution in [3.63, 3.8) is 0 Å². The number of pyridine rings is 1. The molecule has 182 valence electrons. The Hall–Kier alpha value is -3.89. The number of aromatic nitrogens is 4. The number of ether oxygens (including phenoxy) is 2. The summed E-state index contributed by atoms with van der Waals surface area (Å²) in [7, 11) is 0. The zero-order valence-electron chi connectivity index (χ0n) is 19.8. The molecular formula is C25H28N6O4. The van der Waals surface area contributed by atoms with Gasteiger partial charge in [-0.15, -0.1) is 0 Å². The van der Waals surface area contributed by atoms with Gasteiger partial charge in [0.25, 0.3) is 6.01 Å². The third-order valence-electron chi connectivity index (χ3n) is 5.86. The number of hydrogen-bond acceptors (Lipinski definition) is 8. The molecule has 0 amide bonds. The Morgan fingerprint density at radius 1 is 1.14 bits per heavy atom. The summed E-state index contributed by atoms with van der Waals surface area (Å²) in [6.45, 7) is 8.75. The van der Waals surface area contributed by atoms with Gasteiger partial charge in [-0.2, -0.15) is 0 Å². The minimum atomic E-state index is -0.241. The number of H-pyrrole nitrogens is 1. The fraction of sp³-hybridized carbons (Fsp3) is 0.320. The lowest BCUT2D eigenvalue weighted by atomic mass is 10.2. The summed E-state index contributed by atoms with van der Waals surface area (Å²) >= 11 is 0. The van der Waals surface area contributed by atoms with Crippen LogP contribution >= 0.6 is 0 Å². The molecule has 1 saturated heterocycles. The van der Waals surface area contributed by atoms with Crippen LogP contribution in [0, 0.1) is 13.8 Å². The first kappa shape index (κ1) is 22.9. The second kappa shape index (κ2) is 10.2. The molecule has 2 N–H and O–H groups in total. The van der Waals surface area contributed by atoms with Crippen molar-refractivity contribution in [1.29, 1.82) is 0 Å². The Morgan fingerprint density at radius 3 is 2.80 bits per heavy atom. The molecule has 0 saturated carbocycles. The highest BCUT2D eigenvalue weighted by Crippen LogP contribution is 2.28. The van der Waals surface area contributed by atoms with Crippen molar-refractivity contribution in [2.24, 2.45) is 0 Å². The molecule has 1 aliphatic rings. The summed E-state index contributed by atoms with van der Waals surface area (Å²) in [5, 5.41) is 3.24. The van der Waals surface area contributed by atoms with Crippen molar-refractivity contribution in [3.8, 4) is 22.9 Å². The lowest BCUT2D eigenvalue weighted by molar-refractivity contribution is 0.0322. The van der Waals surface area contributed by atoms with E-state index in [0.717, 1.165) is 61.1 Å². The van der Waals surface area contributed by atoms with E-state index >= 15 is 0 Å². The van der Waals surface area contributed by atoms with Crippen molar-refractivity contribution in [1.82, 2.24) is 24.4 Å². The number of hydrogen-bond donors (Lipinski definition) is 2. The van der Waals surface area contributed by atoms with E-state index in [-0.39, 0.29) is 5.69 Å². The van der Waals surface area contributed by atoms with Crippen LogP contribution in [-0.2, 0) is 4.74 Å². The van der Waals surface area contributed by atoms with E-state index in [4.69, 9.17) is 13.9 Å². The van der Waals surface area contributed by atoms with E-state index in [1.807, 2.05) is 38.1 Å². The molecule has 10 heteroatoms. The van der Waals surface area contributed by atoms with Crippen LogP contribution in [0.3, 0.4) is 0 Å². The number of aromatic amines is 1. The Labute approximate surface area is 202 Å². The maximum atomic E-state index is 12.1. The molecule has 1 aromatic carbocycles. The van der Waals surface area contributed by atoms with Crippen LogP contribution in [0.25, 0.3) is 17.1 Å². The lowest BCUT2D eigenvalue weighted by Crippen LogP contribution is -2.38. The smallest absolute Gasteiger partial charge is 0.331 e. The van der Waals surface area contributed by atoms with E-state index < -0.39 is 0 Å². The number of anilines is 2. The van der Waals surface area contributed by atoms with E-state index in [9.17, 15) is 4.79 Å². The molecule has 4 heterocycles. The van der Waals surface area contributed by atoms with Crippen LogP contribution in [0.4, 0.5) is 11.7 Å². The van der Waals surface area contributed by atoms with Crippen LogP contribution in [0.15, 0.2) is 58.1 Å². The maximum absolute atomic E-state index is 12.1. The number of morpholine rings is 1. The molecule has 0 unspecified atom stereocenters. The van der Waals surface area contributed by atoms with Gasteiger partial charge in [0.1, 0.15) is 18.2 Å². The summed E-state index contributed by atoms with van der Waals surface area (Å²) in [6, 6.07) is 9.87. The Balaban J connectivity index is 1.26. The Kier molecular flexibility index (Phi) is 6.64. The molecule has 0 aliphatic carbocycles. The lowest BCUT2D eigenvalue weighted by Gasteiger charge is -2.26. The van der Waals surface area contributed by atoms with Gasteiger partial charge >= 0.3 is 5.69 Å². The van der Waals surface area contributed by atoms with Gasteiger partial charge in [-0.05, 0) is 37.6 Å². The molecule has 1 fully saturated rings. The number of nitrogens with zero attached hydrogens (tertiary/aromatic N) is 4. The van der Waals surface area contributed by atoms with Crippen LogP contribution in [0.2, 0.25) is 0 Å². The fourth-order valence-corrected chi connectivity index (χ4v) is 3.91. The quantitative estimate of drug-likeness (QED) is 0.399. The third-order valence-corrected chi connectivity index (χ3v) is 5.86. The summed E-state index contributed by atoms with van der Waals surface area (Å²) < 4.78 is 18.8. The molecule has 0 atom stereocenters. The van der Waals surface area contributed by atoms with Gasteiger partial charge in [-0.1, -0.05) is 6.07 Å². The second-order valence-corrected chi connectivity index (χ2v) is 8.45. The number of rotatable bonds is 8. The van der Waals surface area contributed by atoms with Gasteiger partial charge in [0.05, 0.1) is 19.4 Å². The summed E-state index contributed by atoms with van der Waals surface area (Å²) in [4.78, 5) is 25.9. The minimum Gasteiger partial charge on any atom is -0.492 e. The number of imidazole rings is 1. The van der Waals surface area contributed by atoms with E-state index in [1.165, 1.54) is 4.57 Å². The van der Waals surface area contributed by atoms with Gasteiger partial charge in [-0.25, -0.2) is 14.8 Å². The molecule has 0 spiro atoms. The standard InChI is InChI=1S/C25H28N6O4/c1-17-3-4-20(34-12-9-30-7-10-33-11-8-30)14-21(17)29-24-27-15-22(35-24)19-5-6-26-23(13-19)31-16-18(2)28-25(31)32/h3-6,13-16H,7-12H2,1-2H3,(H,27,29)(H,28,32). The van der Waals surface area contributed by atoms with Crippen molar-refractivity contribution < 1.29 is 13.9 Å². The highest BCUT2D eigenvalue weighted by molar-refractivity contribution is 5.63. The molecule has 10 nitrogen and oxygen atoms in total. The van der Waals surface area contributed by atoms with Crippen LogP contribution in [-0.4, -0.2) is 63.9 Å². The monoisotopic (exact) mass is 476 g/mol. The SMILES string of the molecule is Cc1cn(-c2cc(-c3cnc(Nc4cc(OCCN5CCOCC5)ccc4C)o3)ccn2)c(=O)[nH]1. The predicted octanol–water partition coefficient (Wildman–Crippen LogP) is 3.29. The van der Waals surface area contributed by atoms with Crippen LogP contribution in [0.1, 0.15) is 11.3 Å². The second-order valence-electron chi connectivity index (χ2n) is 8.45. The highest BCUT2D eigenvalue weighted by atomic mass is 16.5. The largest absolute Gasteiger partial charge is 0.492 e. The van der Waals surface area contributed by atoms with Crippen molar-refractivity contribution >= 4 is 11.7 Å². The Bertz CT molecular complexity index is 1350. The summed E-state index contributed by atoms with van der Waals surface area (Å²) in [5.74, 6) is 1.84. The average molecular weight is 477 g/mol. The summed E-state index contributed by atoms with van der Waals surface area (Å²) in [6.07, 6.45) is 4.99. The first-order valence-electron chi connectivity index (χ1n) is 11.6. The van der Waals surface area contributed by atoms with E-state index in [1.54, 1.807) is 24.7 Å². The Morgan fingerprint density at radius 2 is 2.00 bits per heavy atom. The predicted molar refractivity (Wildman–Crippen MR) is 132 cm³/mol. The minimum absolute atomic E-state index is 0.241. The molecule has 0 bridgehead atoms. The first-order valence-corrected chi connectivity index (χ1v) is 11.6. The summed E-state index contributed by atoms with van der Waals surface area (Å²) in [5.41, 5.74) is 3.18. The molecule has 5 rings (SSSR count). The number of benzene rings is 1. The molecule has 0 radical (unpaired) electrons. The van der Waals surface area contributed by atoms with Gasteiger partial charge < -0.3 is 24.2 Å². The number of nitrogens with one attached hydrogen (secondary N) is 2. The molecule has 35 heavy (non-hydrogen) atoms. The zero-order valence-corrected chi connectivity index (χ0v) is 19.8. The van der Waals surface area contributed by atoms with E-state index in [0.29, 0.717) is 24.2 Å². The van der Waals surface area contributed by atoms with Gasteiger partial charge in [0.2, 0.25) is 0 Å². The van der Waals surface area contributed by atoms with Crippen molar-refractivity contribution in [2.75, 3.05) is 44.8 Å². The number of oxazole rings is 1. The fourth-order valence-electron chi connectivity index (χ4n) is 3.91. The van der Waals surface area contributed by atoms with Gasteiger partial charge in [-0.3, -0.25) is 9.47 Å². The molecule has 1 aliphatic heterocycles. The first-order chi connectivity index (χ1) is 17.0. The van der Waals surface area contributed by atoms with Gasteiger partial charge in [0.15, 0.2) is 5.76 Å². The normalized spacial score (nSPS) is 14.2. The molecule has 4 aromatic rings. The van der Waals surface area contributed by atoms with Gasteiger partial charge in [0, 0.05) is 55.0 Å². The third kappa shape index (κ3) is 5.44. The van der Waals surface area contributed by atoms with Crippen molar-refractivity contribution in [2.45, 2.75) is 13.8 Å². The zero-order chi connectivity index (χ0) is 24.2. The van der Waals surface area contributed by atoms with Crippen LogP contribution in [0.5, 0.6) is 5.75 Å². The van der Waals surface area contributed by atoms with Crippen molar-refractivity contribution in [3.05, 3.63) is 70.7 Å². The number of aryl methyl sites for hydroxylation is 2.